The van der Waals surface area contributed by atoms with Crippen molar-refractivity contribution in [1.82, 2.24) is 5.32 Å². The van der Waals surface area contributed by atoms with Gasteiger partial charge in [-0.1, -0.05) is 52.3 Å². The van der Waals surface area contributed by atoms with Crippen LogP contribution in [0.3, 0.4) is 0 Å². The SMILES string of the molecule is Cc1c(Br)cccc1C(=O)NCCc1ccccc1. The molecule has 0 spiro atoms. The van der Waals surface area contributed by atoms with E-state index in [1.807, 2.05) is 43.3 Å². The molecule has 2 rings (SSSR count). The Morgan fingerprint density at radius 3 is 2.58 bits per heavy atom. The van der Waals surface area contributed by atoms with Gasteiger partial charge in [0.25, 0.3) is 5.91 Å². The van der Waals surface area contributed by atoms with Crippen molar-refractivity contribution in [3.05, 3.63) is 69.7 Å². The number of carbonyl (C=O) groups excluding carboxylic acids is 1. The largest absolute Gasteiger partial charge is 0.352 e. The number of rotatable bonds is 4. The van der Waals surface area contributed by atoms with Gasteiger partial charge >= 0.3 is 0 Å². The monoisotopic (exact) mass is 317 g/mol. The Labute approximate surface area is 122 Å². The topological polar surface area (TPSA) is 29.1 Å². The number of carbonyl (C=O) groups is 1. The van der Waals surface area contributed by atoms with Gasteiger partial charge in [-0.2, -0.15) is 0 Å². The van der Waals surface area contributed by atoms with E-state index in [1.165, 1.54) is 5.56 Å². The summed E-state index contributed by atoms with van der Waals surface area (Å²) in [6.07, 6.45) is 0.847. The summed E-state index contributed by atoms with van der Waals surface area (Å²) >= 11 is 3.44. The maximum absolute atomic E-state index is 12.1. The molecule has 98 valence electrons. The Hall–Kier alpha value is -1.61. The van der Waals surface area contributed by atoms with Crippen LogP contribution >= 0.6 is 15.9 Å². The predicted octanol–water partition coefficient (Wildman–Crippen LogP) is 3.73. The Morgan fingerprint density at radius 2 is 1.84 bits per heavy atom. The highest BCUT2D eigenvalue weighted by atomic mass is 79.9. The normalized spacial score (nSPS) is 10.2. The lowest BCUT2D eigenvalue weighted by atomic mass is 10.1. The Kier molecular flexibility index (Phi) is 4.74. The van der Waals surface area contributed by atoms with Gasteiger partial charge in [-0.3, -0.25) is 4.79 Å². The number of benzene rings is 2. The predicted molar refractivity (Wildman–Crippen MR) is 81.4 cm³/mol. The van der Waals surface area contributed by atoms with E-state index in [4.69, 9.17) is 0 Å². The molecule has 2 aromatic rings. The highest BCUT2D eigenvalue weighted by molar-refractivity contribution is 9.10. The lowest BCUT2D eigenvalue weighted by Crippen LogP contribution is -2.26. The average molecular weight is 318 g/mol. The van der Waals surface area contributed by atoms with E-state index in [2.05, 4.69) is 33.4 Å². The molecule has 0 fully saturated rings. The van der Waals surface area contributed by atoms with E-state index in [0.717, 1.165) is 22.0 Å². The zero-order chi connectivity index (χ0) is 13.7. The molecule has 2 aromatic carbocycles. The molecular formula is C16H16BrNO. The van der Waals surface area contributed by atoms with Crippen molar-refractivity contribution in [2.45, 2.75) is 13.3 Å². The fraction of sp³-hybridized carbons (Fsp3) is 0.188. The molecule has 0 bridgehead atoms. The number of halogens is 1. The first-order valence-corrected chi connectivity index (χ1v) is 7.05. The van der Waals surface area contributed by atoms with Gasteiger partial charge < -0.3 is 5.32 Å². The second kappa shape index (κ2) is 6.53. The van der Waals surface area contributed by atoms with Crippen LogP contribution in [0.4, 0.5) is 0 Å². The van der Waals surface area contributed by atoms with Crippen LogP contribution < -0.4 is 5.32 Å². The number of hydrogen-bond acceptors (Lipinski definition) is 1. The molecule has 1 amide bonds. The third kappa shape index (κ3) is 3.67. The summed E-state index contributed by atoms with van der Waals surface area (Å²) in [6.45, 7) is 2.59. The summed E-state index contributed by atoms with van der Waals surface area (Å²) in [7, 11) is 0. The van der Waals surface area contributed by atoms with Crippen LogP contribution in [-0.2, 0) is 6.42 Å². The summed E-state index contributed by atoms with van der Waals surface area (Å²) in [4.78, 5) is 12.1. The summed E-state index contributed by atoms with van der Waals surface area (Å²) in [6, 6.07) is 15.8. The molecule has 0 heterocycles. The minimum atomic E-state index is -0.0188. The lowest BCUT2D eigenvalue weighted by Gasteiger charge is -2.08. The zero-order valence-electron chi connectivity index (χ0n) is 10.8. The van der Waals surface area contributed by atoms with Gasteiger partial charge in [0.1, 0.15) is 0 Å². The van der Waals surface area contributed by atoms with Crippen LogP contribution in [-0.4, -0.2) is 12.5 Å². The summed E-state index contributed by atoms with van der Waals surface area (Å²) in [5.41, 5.74) is 2.93. The van der Waals surface area contributed by atoms with Gasteiger partial charge in [0.15, 0.2) is 0 Å². The van der Waals surface area contributed by atoms with Crippen LogP contribution in [0.5, 0.6) is 0 Å². The molecule has 2 nitrogen and oxygen atoms in total. The number of hydrogen-bond donors (Lipinski definition) is 1. The van der Waals surface area contributed by atoms with Crippen LogP contribution in [0, 0.1) is 6.92 Å². The quantitative estimate of drug-likeness (QED) is 0.914. The summed E-state index contributed by atoms with van der Waals surface area (Å²) in [5, 5.41) is 2.96. The minimum absolute atomic E-state index is 0.0188. The third-order valence-electron chi connectivity index (χ3n) is 3.05. The zero-order valence-corrected chi connectivity index (χ0v) is 12.4. The Bertz CT molecular complexity index is 566. The maximum Gasteiger partial charge on any atom is 0.251 e. The molecule has 0 atom stereocenters. The van der Waals surface area contributed by atoms with E-state index >= 15 is 0 Å². The van der Waals surface area contributed by atoms with E-state index in [1.54, 1.807) is 0 Å². The fourth-order valence-electron chi connectivity index (χ4n) is 1.91. The first kappa shape index (κ1) is 13.8. The van der Waals surface area contributed by atoms with Crippen molar-refractivity contribution in [1.29, 1.82) is 0 Å². The van der Waals surface area contributed by atoms with Gasteiger partial charge in [-0.25, -0.2) is 0 Å². The first-order valence-electron chi connectivity index (χ1n) is 6.25. The molecule has 0 radical (unpaired) electrons. The summed E-state index contributed by atoms with van der Waals surface area (Å²) < 4.78 is 0.961. The minimum Gasteiger partial charge on any atom is -0.352 e. The molecule has 0 saturated heterocycles. The average Bonchev–Trinajstić information content (AvgIpc) is 2.43. The van der Waals surface area contributed by atoms with Gasteiger partial charge in [-0.15, -0.1) is 0 Å². The van der Waals surface area contributed by atoms with Crippen LogP contribution in [0.2, 0.25) is 0 Å². The lowest BCUT2D eigenvalue weighted by molar-refractivity contribution is 0.0953. The molecule has 3 heteroatoms. The molecule has 0 unspecified atom stereocenters. The van der Waals surface area contributed by atoms with Crippen molar-refractivity contribution in [3.8, 4) is 0 Å². The standard InChI is InChI=1S/C16H16BrNO/c1-12-14(8-5-9-15(12)17)16(19)18-11-10-13-6-3-2-4-7-13/h2-9H,10-11H2,1H3,(H,18,19). The number of amides is 1. The van der Waals surface area contributed by atoms with E-state index in [9.17, 15) is 4.79 Å². The first-order chi connectivity index (χ1) is 9.18. The Balaban J connectivity index is 1.93. The van der Waals surface area contributed by atoms with Crippen molar-refractivity contribution in [2.75, 3.05) is 6.54 Å². The van der Waals surface area contributed by atoms with Crippen LogP contribution in [0.15, 0.2) is 53.0 Å². The number of nitrogens with one attached hydrogen (secondary N) is 1. The molecule has 1 N–H and O–H groups in total. The van der Waals surface area contributed by atoms with Crippen molar-refractivity contribution in [3.63, 3.8) is 0 Å². The van der Waals surface area contributed by atoms with Gasteiger partial charge in [-0.05, 0) is 36.6 Å². The van der Waals surface area contributed by atoms with Gasteiger partial charge in [0.2, 0.25) is 0 Å². The molecular weight excluding hydrogens is 302 g/mol. The Morgan fingerprint density at radius 1 is 1.11 bits per heavy atom. The molecule has 0 aliphatic rings. The van der Waals surface area contributed by atoms with E-state index < -0.39 is 0 Å². The fourth-order valence-corrected chi connectivity index (χ4v) is 2.28. The van der Waals surface area contributed by atoms with Crippen molar-refractivity contribution < 1.29 is 4.79 Å². The highest BCUT2D eigenvalue weighted by Crippen LogP contribution is 2.19. The van der Waals surface area contributed by atoms with Gasteiger partial charge in [0, 0.05) is 16.6 Å². The molecule has 0 aliphatic carbocycles. The van der Waals surface area contributed by atoms with Crippen molar-refractivity contribution in [2.24, 2.45) is 0 Å². The van der Waals surface area contributed by atoms with E-state index in [0.29, 0.717) is 6.54 Å². The molecule has 19 heavy (non-hydrogen) atoms. The van der Waals surface area contributed by atoms with Gasteiger partial charge in [0.05, 0.1) is 0 Å². The second-order valence-electron chi connectivity index (χ2n) is 4.40. The van der Waals surface area contributed by atoms with Crippen molar-refractivity contribution >= 4 is 21.8 Å². The maximum atomic E-state index is 12.1. The summed E-state index contributed by atoms with van der Waals surface area (Å²) in [5.74, 6) is -0.0188. The van der Waals surface area contributed by atoms with E-state index in [-0.39, 0.29) is 5.91 Å². The second-order valence-corrected chi connectivity index (χ2v) is 5.26. The molecule has 0 aromatic heterocycles. The smallest absolute Gasteiger partial charge is 0.251 e. The molecule has 0 saturated carbocycles. The van der Waals surface area contributed by atoms with Crippen LogP contribution in [0.25, 0.3) is 0 Å². The third-order valence-corrected chi connectivity index (χ3v) is 3.91. The molecule has 0 aliphatic heterocycles. The van der Waals surface area contributed by atoms with Crippen LogP contribution in [0.1, 0.15) is 21.5 Å². The highest BCUT2D eigenvalue weighted by Gasteiger charge is 2.09.